The third-order valence-electron chi connectivity index (χ3n) is 2.69. The Morgan fingerprint density at radius 1 is 0.842 bits per heavy atom. The van der Waals surface area contributed by atoms with E-state index in [9.17, 15) is 0 Å². The van der Waals surface area contributed by atoms with E-state index in [0.29, 0.717) is 0 Å². The predicted molar refractivity (Wildman–Crippen MR) is 81.3 cm³/mol. The maximum atomic E-state index is 4.21. The molecule has 0 heterocycles. The van der Waals surface area contributed by atoms with Crippen LogP contribution in [0.4, 0.5) is 17.1 Å². The lowest BCUT2D eigenvalue weighted by Crippen LogP contribution is -1.84. The predicted octanol–water partition coefficient (Wildman–Crippen LogP) is 5.18. The molecule has 0 spiro atoms. The number of hydrogen-bond acceptors (Lipinski definition) is 3. The molecule has 96 valence electrons. The van der Waals surface area contributed by atoms with E-state index in [1.807, 2.05) is 68.6 Å². The van der Waals surface area contributed by atoms with Crippen LogP contribution in [0.5, 0.6) is 0 Å². The van der Waals surface area contributed by atoms with Gasteiger partial charge in [0.05, 0.1) is 11.4 Å². The molecular formula is C16H17N3. The summed E-state index contributed by atoms with van der Waals surface area (Å²) in [5, 5.41) is 11.5. The summed E-state index contributed by atoms with van der Waals surface area (Å²) in [5.41, 5.74) is 3.93. The van der Waals surface area contributed by atoms with Gasteiger partial charge in [-0.1, -0.05) is 24.3 Å². The van der Waals surface area contributed by atoms with E-state index in [-0.39, 0.29) is 0 Å². The summed E-state index contributed by atoms with van der Waals surface area (Å²) in [6.07, 6.45) is 4.07. The molecule has 0 aliphatic carbocycles. The van der Waals surface area contributed by atoms with Crippen molar-refractivity contribution >= 4 is 23.1 Å². The van der Waals surface area contributed by atoms with E-state index in [1.54, 1.807) is 0 Å². The first kappa shape index (κ1) is 13.0. The smallest absolute Gasteiger partial charge is 0.0858 e. The molecule has 3 nitrogen and oxygen atoms in total. The van der Waals surface area contributed by atoms with Gasteiger partial charge in [-0.3, -0.25) is 0 Å². The van der Waals surface area contributed by atoms with Crippen LogP contribution in [0.2, 0.25) is 0 Å². The van der Waals surface area contributed by atoms with Gasteiger partial charge in [0.2, 0.25) is 0 Å². The number of allylic oxidation sites excluding steroid dienone is 1. The van der Waals surface area contributed by atoms with Crippen molar-refractivity contribution in [3.63, 3.8) is 0 Å². The maximum absolute atomic E-state index is 4.21. The maximum Gasteiger partial charge on any atom is 0.0858 e. The van der Waals surface area contributed by atoms with Crippen molar-refractivity contribution in [1.82, 2.24) is 0 Å². The zero-order chi connectivity index (χ0) is 13.5. The van der Waals surface area contributed by atoms with Gasteiger partial charge in [0.1, 0.15) is 0 Å². The molecule has 0 unspecified atom stereocenters. The molecule has 0 aliphatic heterocycles. The van der Waals surface area contributed by atoms with Gasteiger partial charge >= 0.3 is 0 Å². The van der Waals surface area contributed by atoms with Crippen LogP contribution < -0.4 is 5.32 Å². The van der Waals surface area contributed by atoms with E-state index in [2.05, 4.69) is 21.6 Å². The van der Waals surface area contributed by atoms with Crippen molar-refractivity contribution in [2.75, 3.05) is 12.4 Å². The minimum Gasteiger partial charge on any atom is -0.388 e. The zero-order valence-electron chi connectivity index (χ0n) is 11.2. The van der Waals surface area contributed by atoms with Crippen LogP contribution in [0, 0.1) is 0 Å². The molecule has 2 aromatic carbocycles. The van der Waals surface area contributed by atoms with Crippen LogP contribution in [0.25, 0.3) is 6.08 Å². The second kappa shape index (κ2) is 6.50. The quantitative estimate of drug-likeness (QED) is 0.747. The summed E-state index contributed by atoms with van der Waals surface area (Å²) in [6, 6.07) is 15.8. The molecule has 19 heavy (non-hydrogen) atoms. The Kier molecular flexibility index (Phi) is 4.45. The largest absolute Gasteiger partial charge is 0.388 e. The number of hydrogen-bond donors (Lipinski definition) is 1. The van der Waals surface area contributed by atoms with E-state index in [1.165, 1.54) is 5.56 Å². The highest BCUT2D eigenvalue weighted by Crippen LogP contribution is 2.20. The average Bonchev–Trinajstić information content (AvgIpc) is 2.47. The second-order valence-electron chi connectivity index (χ2n) is 4.09. The first-order chi connectivity index (χ1) is 9.31. The molecule has 0 atom stereocenters. The van der Waals surface area contributed by atoms with Crippen molar-refractivity contribution in [2.45, 2.75) is 6.92 Å². The Morgan fingerprint density at radius 3 is 1.84 bits per heavy atom. The number of rotatable bonds is 4. The molecular weight excluding hydrogens is 234 g/mol. The van der Waals surface area contributed by atoms with Gasteiger partial charge < -0.3 is 5.32 Å². The molecule has 0 aliphatic rings. The fourth-order valence-corrected chi connectivity index (χ4v) is 1.65. The number of benzene rings is 2. The Balaban J connectivity index is 2.08. The van der Waals surface area contributed by atoms with Crippen molar-refractivity contribution < 1.29 is 0 Å². The average molecular weight is 251 g/mol. The van der Waals surface area contributed by atoms with Crippen molar-refractivity contribution in [1.29, 1.82) is 0 Å². The van der Waals surface area contributed by atoms with Gasteiger partial charge in [-0.15, -0.1) is 0 Å². The van der Waals surface area contributed by atoms with Crippen LogP contribution in [-0.4, -0.2) is 7.05 Å². The summed E-state index contributed by atoms with van der Waals surface area (Å²) in [6.45, 7) is 2.00. The molecule has 0 saturated heterocycles. The molecule has 0 bridgehead atoms. The lowest BCUT2D eigenvalue weighted by atomic mass is 10.2. The second-order valence-corrected chi connectivity index (χ2v) is 4.09. The van der Waals surface area contributed by atoms with Gasteiger partial charge in [-0.25, -0.2) is 0 Å². The SMILES string of the molecule is CC=Cc1ccc(N=Nc2ccc(NC)cc2)cc1. The Labute approximate surface area is 113 Å². The minimum atomic E-state index is 0.844. The molecule has 0 saturated carbocycles. The highest BCUT2D eigenvalue weighted by Gasteiger charge is 1.92. The lowest BCUT2D eigenvalue weighted by molar-refractivity contribution is 1.23. The number of anilines is 1. The normalized spacial score (nSPS) is 11.3. The third kappa shape index (κ3) is 3.78. The Bertz CT molecular complexity index is 566. The molecule has 0 aromatic heterocycles. The van der Waals surface area contributed by atoms with E-state index in [4.69, 9.17) is 0 Å². The van der Waals surface area contributed by atoms with Gasteiger partial charge in [-0.05, 0) is 48.9 Å². The fraction of sp³-hybridized carbons (Fsp3) is 0.125. The van der Waals surface area contributed by atoms with Crippen molar-refractivity contribution in [3.8, 4) is 0 Å². The molecule has 0 fully saturated rings. The monoisotopic (exact) mass is 251 g/mol. The molecule has 2 rings (SSSR count). The summed E-state index contributed by atoms with van der Waals surface area (Å²) < 4.78 is 0. The van der Waals surface area contributed by atoms with Crippen LogP contribution in [0.3, 0.4) is 0 Å². The highest BCUT2D eigenvalue weighted by atomic mass is 15.1. The summed E-state index contributed by atoms with van der Waals surface area (Å²) >= 11 is 0. The van der Waals surface area contributed by atoms with Crippen LogP contribution in [0.15, 0.2) is 64.8 Å². The summed E-state index contributed by atoms with van der Waals surface area (Å²) in [5.74, 6) is 0. The van der Waals surface area contributed by atoms with Crippen LogP contribution >= 0.6 is 0 Å². The van der Waals surface area contributed by atoms with Gasteiger partial charge in [0.25, 0.3) is 0 Å². The van der Waals surface area contributed by atoms with E-state index >= 15 is 0 Å². The van der Waals surface area contributed by atoms with E-state index in [0.717, 1.165) is 17.1 Å². The van der Waals surface area contributed by atoms with Gasteiger partial charge in [0.15, 0.2) is 0 Å². The van der Waals surface area contributed by atoms with Crippen LogP contribution in [0.1, 0.15) is 12.5 Å². The third-order valence-corrected chi connectivity index (χ3v) is 2.69. The van der Waals surface area contributed by atoms with Gasteiger partial charge in [-0.2, -0.15) is 10.2 Å². The highest BCUT2D eigenvalue weighted by molar-refractivity contribution is 5.53. The lowest BCUT2D eigenvalue weighted by Gasteiger charge is -1.99. The summed E-state index contributed by atoms with van der Waals surface area (Å²) in [7, 11) is 1.89. The number of nitrogens with one attached hydrogen (secondary N) is 1. The molecule has 2 aromatic rings. The van der Waals surface area contributed by atoms with Crippen molar-refractivity contribution in [2.24, 2.45) is 10.2 Å². The zero-order valence-corrected chi connectivity index (χ0v) is 11.2. The number of azo groups is 1. The van der Waals surface area contributed by atoms with Gasteiger partial charge in [0, 0.05) is 12.7 Å². The number of nitrogens with zero attached hydrogens (tertiary/aromatic N) is 2. The summed E-state index contributed by atoms with van der Waals surface area (Å²) in [4.78, 5) is 0. The fourth-order valence-electron chi connectivity index (χ4n) is 1.65. The first-order valence-corrected chi connectivity index (χ1v) is 6.24. The Hall–Kier alpha value is -2.42. The topological polar surface area (TPSA) is 36.8 Å². The molecule has 0 amide bonds. The molecule has 3 heteroatoms. The molecule has 1 N–H and O–H groups in total. The standard InChI is InChI=1S/C16H17N3/c1-3-4-13-5-7-15(8-6-13)18-19-16-11-9-14(17-2)10-12-16/h3-12,17H,1-2H3. The van der Waals surface area contributed by atoms with E-state index < -0.39 is 0 Å². The van der Waals surface area contributed by atoms with Crippen LogP contribution in [-0.2, 0) is 0 Å². The minimum absolute atomic E-state index is 0.844. The first-order valence-electron chi connectivity index (χ1n) is 6.24. The Morgan fingerprint density at radius 2 is 1.37 bits per heavy atom. The van der Waals surface area contributed by atoms with Crippen molar-refractivity contribution in [3.05, 3.63) is 60.2 Å². The molecule has 0 radical (unpaired) electrons.